The van der Waals surface area contributed by atoms with Crippen LogP contribution in [0, 0.1) is 24.2 Å². The first kappa shape index (κ1) is 7.36. The number of aryl methyl sites for hydroxylation is 1. The van der Waals surface area contributed by atoms with Crippen molar-refractivity contribution in [1.82, 2.24) is 0 Å². The van der Waals surface area contributed by atoms with Gasteiger partial charge in [0.15, 0.2) is 0 Å². The van der Waals surface area contributed by atoms with E-state index in [1.807, 2.05) is 0 Å². The van der Waals surface area contributed by atoms with Crippen LogP contribution < -0.4 is 0 Å². The molecule has 1 aromatic carbocycles. The maximum absolute atomic E-state index is 8.64. The standard InChI is InChI=1S/C11H11N/c1-8-2-4-9(5-3-8)11-6-10(11)7-12/h2-5,10-11H,6H2,1H3/t10-,11-/m1/s1. The van der Waals surface area contributed by atoms with Crippen LogP contribution in [0.1, 0.15) is 23.5 Å². The molecule has 1 aliphatic carbocycles. The molecule has 60 valence electrons. The van der Waals surface area contributed by atoms with Crippen molar-refractivity contribution in [2.24, 2.45) is 5.92 Å². The average molecular weight is 157 g/mol. The van der Waals surface area contributed by atoms with E-state index in [0.29, 0.717) is 5.92 Å². The second kappa shape index (κ2) is 2.64. The number of rotatable bonds is 1. The smallest absolute Gasteiger partial charge is 0.0662 e. The van der Waals surface area contributed by atoms with Crippen molar-refractivity contribution in [2.75, 3.05) is 0 Å². The monoisotopic (exact) mass is 157 g/mol. The molecule has 1 aromatic rings. The summed E-state index contributed by atoms with van der Waals surface area (Å²) < 4.78 is 0. The van der Waals surface area contributed by atoms with Crippen molar-refractivity contribution in [3.63, 3.8) is 0 Å². The van der Waals surface area contributed by atoms with Crippen LogP contribution >= 0.6 is 0 Å². The fraction of sp³-hybridized carbons (Fsp3) is 0.364. The highest BCUT2D eigenvalue weighted by molar-refractivity contribution is 5.31. The van der Waals surface area contributed by atoms with Gasteiger partial charge >= 0.3 is 0 Å². The van der Waals surface area contributed by atoms with Gasteiger partial charge in [-0.3, -0.25) is 0 Å². The average Bonchev–Trinajstić information content (AvgIpc) is 2.85. The minimum Gasteiger partial charge on any atom is -0.198 e. The Bertz CT molecular complexity index is 318. The van der Waals surface area contributed by atoms with Gasteiger partial charge in [-0.2, -0.15) is 5.26 Å². The van der Waals surface area contributed by atoms with Gasteiger partial charge in [0.1, 0.15) is 0 Å². The molecule has 0 spiro atoms. The number of benzene rings is 1. The van der Waals surface area contributed by atoms with Crippen molar-refractivity contribution in [2.45, 2.75) is 19.3 Å². The summed E-state index contributed by atoms with van der Waals surface area (Å²) in [6.45, 7) is 2.08. The van der Waals surface area contributed by atoms with Gasteiger partial charge in [0.2, 0.25) is 0 Å². The summed E-state index contributed by atoms with van der Waals surface area (Å²) in [7, 11) is 0. The lowest BCUT2D eigenvalue weighted by atomic mass is 10.1. The van der Waals surface area contributed by atoms with E-state index in [4.69, 9.17) is 5.26 Å². The first-order chi connectivity index (χ1) is 5.81. The Morgan fingerprint density at radius 3 is 2.50 bits per heavy atom. The zero-order valence-electron chi connectivity index (χ0n) is 7.12. The first-order valence-corrected chi connectivity index (χ1v) is 4.27. The van der Waals surface area contributed by atoms with Gasteiger partial charge in [-0.15, -0.1) is 0 Å². The maximum atomic E-state index is 8.64. The van der Waals surface area contributed by atoms with E-state index in [0.717, 1.165) is 6.42 Å². The molecule has 0 N–H and O–H groups in total. The van der Waals surface area contributed by atoms with Gasteiger partial charge in [-0.05, 0) is 18.9 Å². The summed E-state index contributed by atoms with van der Waals surface area (Å²) in [4.78, 5) is 0. The molecule has 2 atom stereocenters. The Hall–Kier alpha value is -1.29. The molecule has 0 aromatic heterocycles. The van der Waals surface area contributed by atoms with Crippen molar-refractivity contribution >= 4 is 0 Å². The van der Waals surface area contributed by atoms with Crippen molar-refractivity contribution < 1.29 is 0 Å². The van der Waals surface area contributed by atoms with Crippen LogP contribution in [0.2, 0.25) is 0 Å². The summed E-state index contributed by atoms with van der Waals surface area (Å²) in [6, 6.07) is 10.8. The highest BCUT2D eigenvalue weighted by atomic mass is 14.4. The van der Waals surface area contributed by atoms with Gasteiger partial charge in [-0.25, -0.2) is 0 Å². The lowest BCUT2D eigenvalue weighted by molar-refractivity contribution is 1.02. The zero-order valence-corrected chi connectivity index (χ0v) is 7.12. The zero-order chi connectivity index (χ0) is 8.55. The van der Waals surface area contributed by atoms with Crippen molar-refractivity contribution in [1.29, 1.82) is 5.26 Å². The molecule has 2 rings (SSSR count). The summed E-state index contributed by atoms with van der Waals surface area (Å²) in [6.07, 6.45) is 1.06. The van der Waals surface area contributed by atoms with Crippen molar-refractivity contribution in [3.8, 4) is 6.07 Å². The summed E-state index contributed by atoms with van der Waals surface area (Å²) in [5.41, 5.74) is 2.61. The van der Waals surface area contributed by atoms with E-state index < -0.39 is 0 Å². The Morgan fingerprint density at radius 2 is 2.00 bits per heavy atom. The van der Waals surface area contributed by atoms with E-state index in [9.17, 15) is 0 Å². The molecule has 1 saturated carbocycles. The largest absolute Gasteiger partial charge is 0.198 e. The highest BCUT2D eigenvalue weighted by Crippen LogP contribution is 2.46. The van der Waals surface area contributed by atoms with Crippen LogP contribution in [0.5, 0.6) is 0 Å². The Kier molecular flexibility index (Phi) is 1.62. The molecule has 1 aliphatic rings. The SMILES string of the molecule is Cc1ccc([C@H]2C[C@@H]2C#N)cc1. The molecule has 0 bridgehead atoms. The Morgan fingerprint density at radius 1 is 1.33 bits per heavy atom. The lowest BCUT2D eigenvalue weighted by Crippen LogP contribution is -1.81. The summed E-state index contributed by atoms with van der Waals surface area (Å²) in [5, 5.41) is 8.64. The molecule has 0 amide bonds. The Labute approximate surface area is 72.6 Å². The van der Waals surface area contributed by atoms with Gasteiger partial charge < -0.3 is 0 Å². The molecule has 1 nitrogen and oxygen atoms in total. The third-order valence-electron chi connectivity index (χ3n) is 2.46. The third kappa shape index (κ3) is 1.21. The summed E-state index contributed by atoms with van der Waals surface area (Å²) >= 11 is 0. The van der Waals surface area contributed by atoms with E-state index >= 15 is 0 Å². The fourth-order valence-corrected chi connectivity index (χ4v) is 1.52. The molecule has 0 radical (unpaired) electrons. The molecular formula is C11H11N. The lowest BCUT2D eigenvalue weighted by Gasteiger charge is -1.97. The minimum atomic E-state index is 0.285. The summed E-state index contributed by atoms with van der Waals surface area (Å²) in [5.74, 6) is 0.809. The molecule has 0 aliphatic heterocycles. The molecule has 0 saturated heterocycles. The van der Waals surface area contributed by atoms with Gasteiger partial charge in [0.25, 0.3) is 0 Å². The quantitative estimate of drug-likeness (QED) is 0.614. The van der Waals surface area contributed by atoms with Crippen LogP contribution in [0.4, 0.5) is 0 Å². The van der Waals surface area contributed by atoms with E-state index in [1.54, 1.807) is 0 Å². The molecule has 1 heteroatoms. The number of nitriles is 1. The minimum absolute atomic E-state index is 0.285. The fourth-order valence-electron chi connectivity index (χ4n) is 1.52. The van der Waals surface area contributed by atoms with Crippen molar-refractivity contribution in [3.05, 3.63) is 35.4 Å². The van der Waals surface area contributed by atoms with Gasteiger partial charge in [0.05, 0.1) is 12.0 Å². The predicted molar refractivity (Wildman–Crippen MR) is 47.6 cm³/mol. The molecule has 12 heavy (non-hydrogen) atoms. The van der Waals surface area contributed by atoms with E-state index in [-0.39, 0.29) is 5.92 Å². The third-order valence-corrected chi connectivity index (χ3v) is 2.46. The highest BCUT2D eigenvalue weighted by Gasteiger charge is 2.38. The van der Waals surface area contributed by atoms with Crippen LogP contribution in [0.15, 0.2) is 24.3 Å². The van der Waals surface area contributed by atoms with E-state index in [1.165, 1.54) is 11.1 Å². The van der Waals surface area contributed by atoms with E-state index in [2.05, 4.69) is 37.3 Å². The predicted octanol–water partition coefficient (Wildman–Crippen LogP) is 2.62. The number of nitrogens with zero attached hydrogens (tertiary/aromatic N) is 1. The molecule has 1 fully saturated rings. The molecular weight excluding hydrogens is 146 g/mol. The maximum Gasteiger partial charge on any atom is 0.0662 e. The second-order valence-electron chi connectivity index (χ2n) is 3.49. The number of hydrogen-bond donors (Lipinski definition) is 0. The topological polar surface area (TPSA) is 23.8 Å². The number of hydrogen-bond acceptors (Lipinski definition) is 1. The van der Waals surface area contributed by atoms with Gasteiger partial charge in [0, 0.05) is 5.92 Å². The van der Waals surface area contributed by atoms with Crippen LogP contribution in [0.25, 0.3) is 0 Å². The molecule has 0 heterocycles. The first-order valence-electron chi connectivity index (χ1n) is 4.27. The van der Waals surface area contributed by atoms with Crippen LogP contribution in [-0.4, -0.2) is 0 Å². The normalized spacial score (nSPS) is 26.3. The van der Waals surface area contributed by atoms with Crippen LogP contribution in [0.3, 0.4) is 0 Å². The van der Waals surface area contributed by atoms with Gasteiger partial charge in [-0.1, -0.05) is 29.8 Å². The van der Waals surface area contributed by atoms with Crippen LogP contribution in [-0.2, 0) is 0 Å². The second-order valence-corrected chi connectivity index (χ2v) is 3.49. The Balaban J connectivity index is 2.17. The molecule has 0 unspecified atom stereocenters.